The van der Waals surface area contributed by atoms with E-state index in [4.69, 9.17) is 9.73 Å². The Bertz CT molecular complexity index is 1420. The van der Waals surface area contributed by atoms with E-state index in [-0.39, 0.29) is 12.1 Å². The smallest absolute Gasteiger partial charge is 0.144 e. The molecule has 1 N–H and O–H groups in total. The minimum atomic E-state index is -0.0204. The molecule has 2 atom stereocenters. The molecule has 3 aromatic heterocycles. The maximum absolute atomic E-state index is 5.35. The van der Waals surface area contributed by atoms with Crippen molar-refractivity contribution in [1.82, 2.24) is 14.9 Å². The summed E-state index contributed by atoms with van der Waals surface area (Å²) in [7, 11) is 1.69. The number of thiophene rings is 1. The Morgan fingerprint density at radius 1 is 0.909 bits per heavy atom. The number of aliphatic imine (C=N–C) groups is 1. The molecule has 0 radical (unpaired) electrons. The van der Waals surface area contributed by atoms with Gasteiger partial charge in [0.1, 0.15) is 23.3 Å². The molecule has 0 fully saturated rings. The van der Waals surface area contributed by atoms with Gasteiger partial charge in [0.25, 0.3) is 0 Å². The second-order valence-corrected chi connectivity index (χ2v) is 8.94. The van der Waals surface area contributed by atoms with Crippen LogP contribution in [0, 0.1) is 0 Å². The lowest BCUT2D eigenvalue weighted by Gasteiger charge is -2.20. The average Bonchev–Trinajstić information content (AvgIpc) is 3.64. The Kier molecular flexibility index (Phi) is 4.92. The summed E-state index contributed by atoms with van der Waals surface area (Å²) >= 11 is 1.70. The second-order valence-electron chi connectivity index (χ2n) is 7.99. The fourth-order valence-corrected chi connectivity index (χ4v) is 5.06. The third-order valence-electron chi connectivity index (χ3n) is 6.07. The van der Waals surface area contributed by atoms with Crippen LogP contribution in [0.2, 0.25) is 0 Å². The minimum absolute atomic E-state index is 0.0204. The predicted octanol–water partition coefficient (Wildman–Crippen LogP) is 5.93. The van der Waals surface area contributed by atoms with Crippen molar-refractivity contribution in [1.29, 1.82) is 0 Å². The van der Waals surface area contributed by atoms with Crippen molar-refractivity contribution in [2.45, 2.75) is 12.1 Å². The van der Waals surface area contributed by atoms with Crippen molar-refractivity contribution in [3.8, 4) is 11.4 Å². The largest absolute Gasteiger partial charge is 0.497 e. The molecule has 5 aromatic rings. The number of methoxy groups -OCH3 is 1. The van der Waals surface area contributed by atoms with E-state index in [2.05, 4.69) is 87.1 Å². The molecular weight excluding hydrogens is 428 g/mol. The molecule has 1 aliphatic heterocycles. The molecule has 0 amide bonds. The maximum Gasteiger partial charge on any atom is 0.144 e. The zero-order valence-electron chi connectivity index (χ0n) is 18.1. The van der Waals surface area contributed by atoms with Gasteiger partial charge in [0, 0.05) is 23.5 Å². The first-order valence-corrected chi connectivity index (χ1v) is 11.7. The number of aromatic nitrogens is 2. The van der Waals surface area contributed by atoms with Crippen LogP contribution in [-0.4, -0.2) is 22.5 Å². The summed E-state index contributed by atoms with van der Waals surface area (Å²) in [5.41, 5.74) is 4.40. The standard InChI is InChI=1S/C27H22N4OS/c1-32-22-12-8-19(9-13-22)25-24(29-26(30-25)23-5-3-17-33-23)18-6-10-21(11-7-18)31-16-14-20-4-2-15-28-27(20)31/h2-17,24-25H,1H3,(H,29,30). The summed E-state index contributed by atoms with van der Waals surface area (Å²) in [4.78, 5) is 10.8. The lowest BCUT2D eigenvalue weighted by atomic mass is 9.94. The van der Waals surface area contributed by atoms with Gasteiger partial charge in [0.05, 0.1) is 18.0 Å². The summed E-state index contributed by atoms with van der Waals surface area (Å²) in [5, 5.41) is 6.90. The van der Waals surface area contributed by atoms with E-state index in [1.807, 2.05) is 24.4 Å². The van der Waals surface area contributed by atoms with Crippen molar-refractivity contribution >= 4 is 28.2 Å². The molecule has 0 saturated heterocycles. The van der Waals surface area contributed by atoms with E-state index >= 15 is 0 Å². The lowest BCUT2D eigenvalue weighted by Crippen LogP contribution is -2.24. The Morgan fingerprint density at radius 3 is 2.48 bits per heavy atom. The molecule has 6 rings (SSSR count). The van der Waals surface area contributed by atoms with Crippen LogP contribution in [0.25, 0.3) is 16.7 Å². The predicted molar refractivity (Wildman–Crippen MR) is 134 cm³/mol. The molecular formula is C27H22N4OS. The number of fused-ring (bicyclic) bond motifs is 1. The van der Waals surface area contributed by atoms with Gasteiger partial charge in [-0.2, -0.15) is 0 Å². The van der Waals surface area contributed by atoms with Crippen molar-refractivity contribution in [3.05, 3.63) is 113 Å². The first-order chi connectivity index (χ1) is 16.3. The Labute approximate surface area is 196 Å². The Balaban J connectivity index is 1.35. The van der Waals surface area contributed by atoms with Crippen molar-refractivity contribution in [2.24, 2.45) is 4.99 Å². The first kappa shape index (κ1) is 19.8. The number of nitrogens with zero attached hydrogens (tertiary/aromatic N) is 3. The van der Waals surface area contributed by atoms with Crippen LogP contribution in [-0.2, 0) is 0 Å². The van der Waals surface area contributed by atoms with Gasteiger partial charge >= 0.3 is 0 Å². The van der Waals surface area contributed by atoms with Gasteiger partial charge < -0.3 is 14.6 Å². The van der Waals surface area contributed by atoms with Gasteiger partial charge in [-0.1, -0.05) is 30.3 Å². The molecule has 33 heavy (non-hydrogen) atoms. The third kappa shape index (κ3) is 3.58. The van der Waals surface area contributed by atoms with E-state index < -0.39 is 0 Å². The highest BCUT2D eigenvalue weighted by Gasteiger charge is 2.32. The normalized spacial score (nSPS) is 17.7. The molecule has 5 nitrogen and oxygen atoms in total. The topological polar surface area (TPSA) is 51.4 Å². The molecule has 0 saturated carbocycles. The van der Waals surface area contributed by atoms with E-state index in [0.29, 0.717) is 0 Å². The number of ether oxygens (including phenoxy) is 1. The van der Waals surface area contributed by atoms with Crippen LogP contribution in [0.4, 0.5) is 0 Å². The van der Waals surface area contributed by atoms with Crippen molar-refractivity contribution < 1.29 is 4.74 Å². The van der Waals surface area contributed by atoms with Crippen molar-refractivity contribution in [3.63, 3.8) is 0 Å². The molecule has 2 unspecified atom stereocenters. The SMILES string of the molecule is COc1ccc(C2N=C(c3cccs3)NC2c2ccc(-n3ccc4cccnc43)cc2)cc1. The summed E-state index contributed by atoms with van der Waals surface area (Å²) in [6.45, 7) is 0. The molecule has 0 aliphatic carbocycles. The van der Waals surface area contributed by atoms with Crippen LogP contribution in [0.1, 0.15) is 28.1 Å². The number of benzene rings is 2. The van der Waals surface area contributed by atoms with Crippen LogP contribution in [0.15, 0.2) is 102 Å². The number of hydrogen-bond acceptors (Lipinski definition) is 5. The Morgan fingerprint density at radius 2 is 1.73 bits per heavy atom. The molecule has 0 bridgehead atoms. The minimum Gasteiger partial charge on any atom is -0.497 e. The highest BCUT2D eigenvalue weighted by atomic mass is 32.1. The fourth-order valence-electron chi connectivity index (χ4n) is 4.38. The van der Waals surface area contributed by atoms with Crippen LogP contribution in [0.5, 0.6) is 5.75 Å². The number of hydrogen-bond donors (Lipinski definition) is 1. The highest BCUT2D eigenvalue weighted by molar-refractivity contribution is 7.12. The Hall–Kier alpha value is -3.90. The zero-order chi connectivity index (χ0) is 22.2. The first-order valence-electron chi connectivity index (χ1n) is 10.8. The summed E-state index contributed by atoms with van der Waals surface area (Å²) in [6.07, 6.45) is 3.90. The average molecular weight is 451 g/mol. The highest BCUT2D eigenvalue weighted by Crippen LogP contribution is 2.38. The van der Waals surface area contributed by atoms with E-state index in [9.17, 15) is 0 Å². The number of nitrogens with one attached hydrogen (secondary N) is 1. The molecule has 1 aliphatic rings. The molecule has 2 aromatic carbocycles. The van der Waals surface area contributed by atoms with Gasteiger partial charge in [0.2, 0.25) is 0 Å². The summed E-state index contributed by atoms with van der Waals surface area (Å²) < 4.78 is 7.47. The van der Waals surface area contributed by atoms with E-state index in [1.165, 1.54) is 5.56 Å². The van der Waals surface area contributed by atoms with E-state index in [1.54, 1.807) is 18.4 Å². The summed E-state index contributed by atoms with van der Waals surface area (Å²) in [5.74, 6) is 1.79. The monoisotopic (exact) mass is 450 g/mol. The lowest BCUT2D eigenvalue weighted by molar-refractivity contribution is 0.414. The zero-order valence-corrected chi connectivity index (χ0v) is 18.9. The number of pyridine rings is 1. The molecule has 6 heteroatoms. The third-order valence-corrected chi connectivity index (χ3v) is 6.94. The van der Waals surface area contributed by atoms with Crippen molar-refractivity contribution in [2.75, 3.05) is 7.11 Å². The molecule has 4 heterocycles. The second kappa shape index (κ2) is 8.22. The van der Waals surface area contributed by atoms with Gasteiger partial charge in [0.15, 0.2) is 0 Å². The quantitative estimate of drug-likeness (QED) is 0.361. The van der Waals surface area contributed by atoms with Gasteiger partial charge in [-0.3, -0.25) is 4.99 Å². The van der Waals surface area contributed by atoms with Crippen LogP contribution < -0.4 is 10.1 Å². The van der Waals surface area contributed by atoms with Gasteiger partial charge in [-0.05, 0) is 65.0 Å². The fraction of sp³-hybridized carbons (Fsp3) is 0.111. The summed E-state index contributed by atoms with van der Waals surface area (Å²) in [6, 6.07) is 27.2. The van der Waals surface area contributed by atoms with Crippen LogP contribution in [0.3, 0.4) is 0 Å². The maximum atomic E-state index is 5.35. The molecule has 0 spiro atoms. The van der Waals surface area contributed by atoms with Gasteiger partial charge in [-0.15, -0.1) is 11.3 Å². The molecule has 162 valence electrons. The van der Waals surface area contributed by atoms with E-state index in [0.717, 1.165) is 38.7 Å². The number of amidine groups is 1. The van der Waals surface area contributed by atoms with Crippen LogP contribution >= 0.6 is 11.3 Å². The van der Waals surface area contributed by atoms with Gasteiger partial charge in [-0.25, -0.2) is 4.98 Å². The number of rotatable bonds is 5.